The van der Waals surface area contributed by atoms with Gasteiger partial charge in [0.1, 0.15) is 11.4 Å². The van der Waals surface area contributed by atoms with Crippen molar-refractivity contribution in [2.45, 2.75) is 26.2 Å². The van der Waals surface area contributed by atoms with Crippen molar-refractivity contribution in [1.82, 2.24) is 4.98 Å². The first-order chi connectivity index (χ1) is 9.26. The topological polar surface area (TPSA) is 44.5 Å². The summed E-state index contributed by atoms with van der Waals surface area (Å²) < 4.78 is 15.8. The van der Waals surface area contributed by atoms with E-state index in [-0.39, 0.29) is 0 Å². The van der Waals surface area contributed by atoms with Crippen LogP contribution in [0.4, 0.5) is 0 Å². The molecule has 0 aliphatic heterocycles. The number of ether oxygens (including phenoxy) is 2. The maximum Gasteiger partial charge on any atom is 0.308 e. The lowest BCUT2D eigenvalue weighted by molar-refractivity contribution is 0.290. The molecule has 0 atom stereocenters. The molecule has 1 heterocycles. The minimum atomic E-state index is 0.534. The van der Waals surface area contributed by atoms with E-state index in [9.17, 15) is 0 Å². The molecule has 2 rings (SSSR count). The van der Waals surface area contributed by atoms with Crippen LogP contribution in [0.3, 0.4) is 0 Å². The molecule has 0 saturated carbocycles. The Morgan fingerprint density at radius 3 is 2.32 bits per heavy atom. The van der Waals surface area contributed by atoms with Gasteiger partial charge in [-0.05, 0) is 30.5 Å². The highest BCUT2D eigenvalue weighted by molar-refractivity contribution is 5.27. The Labute approximate surface area is 113 Å². The van der Waals surface area contributed by atoms with Crippen LogP contribution in [-0.4, -0.2) is 19.2 Å². The third-order valence-electron chi connectivity index (χ3n) is 3.01. The lowest BCUT2D eigenvalue weighted by Crippen LogP contribution is -1.92. The van der Waals surface area contributed by atoms with Gasteiger partial charge in [-0.3, -0.25) is 0 Å². The number of oxazole rings is 1. The van der Waals surface area contributed by atoms with Gasteiger partial charge in [0.05, 0.1) is 14.2 Å². The second-order valence-electron chi connectivity index (χ2n) is 4.25. The number of rotatable bonds is 6. The third kappa shape index (κ3) is 3.28. The Bertz CT molecular complexity index is 495. The van der Waals surface area contributed by atoms with Crippen LogP contribution < -0.4 is 9.47 Å². The summed E-state index contributed by atoms with van der Waals surface area (Å²) in [5, 5.41) is 0. The standard InChI is InChI=1S/C15H19NO3/c1-4-13-15(18-3)19-14(16-13)10-7-11-5-8-12(17-2)9-6-11/h5-6,8-9H,4,7,10H2,1-3H3. The number of nitrogens with zero attached hydrogens (tertiary/aromatic N) is 1. The Balaban J connectivity index is 1.99. The first kappa shape index (κ1) is 13.5. The van der Waals surface area contributed by atoms with Crippen LogP contribution in [0.1, 0.15) is 24.1 Å². The average Bonchev–Trinajstić information content (AvgIpc) is 2.88. The van der Waals surface area contributed by atoms with Gasteiger partial charge in [0.15, 0.2) is 5.89 Å². The highest BCUT2D eigenvalue weighted by atomic mass is 16.6. The first-order valence-electron chi connectivity index (χ1n) is 6.42. The molecule has 0 aliphatic rings. The molecule has 102 valence electrons. The zero-order valence-corrected chi connectivity index (χ0v) is 11.6. The van der Waals surface area contributed by atoms with Crippen LogP contribution in [-0.2, 0) is 19.3 Å². The zero-order valence-electron chi connectivity index (χ0n) is 11.6. The van der Waals surface area contributed by atoms with E-state index in [1.54, 1.807) is 14.2 Å². The summed E-state index contributed by atoms with van der Waals surface area (Å²) in [5.41, 5.74) is 2.11. The maximum atomic E-state index is 5.56. The lowest BCUT2D eigenvalue weighted by Gasteiger charge is -2.01. The molecule has 1 aromatic heterocycles. The summed E-state index contributed by atoms with van der Waals surface area (Å²) in [4.78, 5) is 4.43. The molecule has 0 saturated heterocycles. The molecule has 19 heavy (non-hydrogen) atoms. The first-order valence-corrected chi connectivity index (χ1v) is 6.42. The van der Waals surface area contributed by atoms with Crippen LogP contribution in [0.15, 0.2) is 28.7 Å². The van der Waals surface area contributed by atoms with Gasteiger partial charge in [0.25, 0.3) is 0 Å². The van der Waals surface area contributed by atoms with Crippen molar-refractivity contribution in [2.75, 3.05) is 14.2 Å². The molecule has 0 radical (unpaired) electrons. The Hall–Kier alpha value is -1.97. The van der Waals surface area contributed by atoms with Crippen LogP contribution in [0.2, 0.25) is 0 Å². The van der Waals surface area contributed by atoms with E-state index in [1.807, 2.05) is 19.1 Å². The second-order valence-corrected chi connectivity index (χ2v) is 4.25. The summed E-state index contributed by atoms with van der Waals surface area (Å²) in [6, 6.07) is 8.03. The molecule has 0 N–H and O–H groups in total. The molecule has 0 bridgehead atoms. The fourth-order valence-corrected chi connectivity index (χ4v) is 1.92. The van der Waals surface area contributed by atoms with E-state index in [4.69, 9.17) is 13.9 Å². The molecule has 0 spiro atoms. The van der Waals surface area contributed by atoms with Gasteiger partial charge in [-0.2, -0.15) is 0 Å². The van der Waals surface area contributed by atoms with Gasteiger partial charge in [0.2, 0.25) is 0 Å². The predicted molar refractivity (Wildman–Crippen MR) is 72.8 cm³/mol. The molecular formula is C15H19NO3. The quantitative estimate of drug-likeness (QED) is 0.801. The normalized spacial score (nSPS) is 10.5. The summed E-state index contributed by atoms with van der Waals surface area (Å²) in [5.74, 6) is 2.13. The molecule has 2 aromatic rings. The summed E-state index contributed by atoms with van der Waals surface area (Å²) in [6.07, 6.45) is 2.47. The Kier molecular flexibility index (Phi) is 4.44. The minimum absolute atomic E-state index is 0.534. The predicted octanol–water partition coefficient (Wildman–Crippen LogP) is 3.04. The second kappa shape index (κ2) is 6.27. The molecular weight excluding hydrogens is 242 g/mol. The van der Waals surface area contributed by atoms with Crippen molar-refractivity contribution in [3.05, 3.63) is 41.4 Å². The number of methoxy groups -OCH3 is 2. The molecule has 0 aliphatic carbocycles. The monoisotopic (exact) mass is 261 g/mol. The van der Waals surface area contributed by atoms with Crippen molar-refractivity contribution in [1.29, 1.82) is 0 Å². The van der Waals surface area contributed by atoms with Gasteiger partial charge in [0, 0.05) is 6.42 Å². The SMILES string of the molecule is CCc1nc(CCc2ccc(OC)cc2)oc1OC. The van der Waals surface area contributed by atoms with Gasteiger partial charge in [-0.1, -0.05) is 19.1 Å². The smallest absolute Gasteiger partial charge is 0.308 e. The number of aromatic nitrogens is 1. The van der Waals surface area contributed by atoms with Crippen molar-refractivity contribution in [3.8, 4) is 11.7 Å². The summed E-state index contributed by atoms with van der Waals surface area (Å²) in [7, 11) is 3.27. The largest absolute Gasteiger partial charge is 0.497 e. The average molecular weight is 261 g/mol. The van der Waals surface area contributed by atoms with Crippen molar-refractivity contribution in [2.24, 2.45) is 0 Å². The Morgan fingerprint density at radius 1 is 1.05 bits per heavy atom. The van der Waals surface area contributed by atoms with Crippen molar-refractivity contribution < 1.29 is 13.9 Å². The number of aryl methyl sites for hydroxylation is 3. The summed E-state index contributed by atoms with van der Waals surface area (Å²) >= 11 is 0. The van der Waals surface area contributed by atoms with Gasteiger partial charge in [-0.15, -0.1) is 0 Å². The third-order valence-corrected chi connectivity index (χ3v) is 3.01. The molecule has 0 unspecified atom stereocenters. The van der Waals surface area contributed by atoms with Crippen LogP contribution in [0.5, 0.6) is 11.7 Å². The van der Waals surface area contributed by atoms with Gasteiger partial charge >= 0.3 is 5.95 Å². The van der Waals surface area contributed by atoms with Crippen LogP contribution in [0.25, 0.3) is 0 Å². The van der Waals surface area contributed by atoms with E-state index < -0.39 is 0 Å². The minimum Gasteiger partial charge on any atom is -0.497 e. The molecule has 4 heteroatoms. The van der Waals surface area contributed by atoms with E-state index in [0.717, 1.165) is 36.6 Å². The molecule has 4 nitrogen and oxygen atoms in total. The molecule has 0 amide bonds. The van der Waals surface area contributed by atoms with Crippen LogP contribution in [0, 0.1) is 0 Å². The number of hydrogen-bond donors (Lipinski definition) is 0. The fourth-order valence-electron chi connectivity index (χ4n) is 1.92. The molecule has 0 fully saturated rings. The highest BCUT2D eigenvalue weighted by Crippen LogP contribution is 2.21. The van der Waals surface area contributed by atoms with E-state index in [1.165, 1.54) is 5.56 Å². The lowest BCUT2D eigenvalue weighted by atomic mass is 10.1. The number of benzene rings is 1. The van der Waals surface area contributed by atoms with E-state index in [2.05, 4.69) is 17.1 Å². The maximum absolute atomic E-state index is 5.56. The van der Waals surface area contributed by atoms with Gasteiger partial charge in [-0.25, -0.2) is 4.98 Å². The van der Waals surface area contributed by atoms with Crippen molar-refractivity contribution in [3.63, 3.8) is 0 Å². The highest BCUT2D eigenvalue weighted by Gasteiger charge is 2.11. The van der Waals surface area contributed by atoms with E-state index >= 15 is 0 Å². The molecule has 1 aromatic carbocycles. The van der Waals surface area contributed by atoms with E-state index in [0.29, 0.717) is 5.95 Å². The van der Waals surface area contributed by atoms with Crippen LogP contribution >= 0.6 is 0 Å². The fraction of sp³-hybridized carbons (Fsp3) is 0.400. The summed E-state index contributed by atoms with van der Waals surface area (Å²) in [6.45, 7) is 2.04. The number of hydrogen-bond acceptors (Lipinski definition) is 4. The Morgan fingerprint density at radius 2 is 1.79 bits per heavy atom. The van der Waals surface area contributed by atoms with Crippen molar-refractivity contribution >= 4 is 0 Å². The van der Waals surface area contributed by atoms with Gasteiger partial charge < -0.3 is 13.9 Å². The zero-order chi connectivity index (χ0) is 13.7.